The van der Waals surface area contributed by atoms with Crippen molar-refractivity contribution < 1.29 is 21.9 Å². The van der Waals surface area contributed by atoms with E-state index < -0.39 is 28.3 Å². The molecule has 2 aliphatic rings. The number of pyridine rings is 1. The van der Waals surface area contributed by atoms with Gasteiger partial charge in [-0.15, -0.1) is 0 Å². The first-order valence-corrected chi connectivity index (χ1v) is 13.6. The molecule has 0 bridgehead atoms. The zero-order chi connectivity index (χ0) is 24.0. The van der Waals surface area contributed by atoms with Gasteiger partial charge in [0.15, 0.2) is 21.3 Å². The summed E-state index contributed by atoms with van der Waals surface area (Å²) in [5.41, 5.74) is 1.96. The number of benzene rings is 1. The molecule has 1 aliphatic heterocycles. The second-order valence-electron chi connectivity index (χ2n) is 8.91. The predicted octanol–water partition coefficient (Wildman–Crippen LogP) is 6.14. The van der Waals surface area contributed by atoms with Gasteiger partial charge >= 0.3 is 0 Å². The van der Waals surface area contributed by atoms with E-state index in [1.807, 2.05) is 6.07 Å². The fourth-order valence-corrected chi connectivity index (χ4v) is 5.66. The standard InChI is InChI=1S/C23H25ClF2N4O3S/c1-34(31,32)17-11-14(13-5-4-6-13)8-9-15(17)27-16-12-18(24)28-22-20(16)29-23(21(25)26)30(22)19-7-2-3-10-33-19/h8-9,11-13,19,21H,2-7,10H2,1H3,(H,27,28). The summed E-state index contributed by atoms with van der Waals surface area (Å²) in [5, 5.41) is 3.15. The van der Waals surface area contributed by atoms with Crippen LogP contribution in [0, 0.1) is 0 Å². The number of hydrogen-bond donors (Lipinski definition) is 1. The number of imidazole rings is 1. The predicted molar refractivity (Wildman–Crippen MR) is 126 cm³/mol. The van der Waals surface area contributed by atoms with Crippen LogP contribution in [0.15, 0.2) is 29.2 Å². The Morgan fingerprint density at radius 1 is 1.12 bits per heavy atom. The van der Waals surface area contributed by atoms with Gasteiger partial charge < -0.3 is 10.1 Å². The molecule has 182 valence electrons. The third-order valence-corrected chi connectivity index (χ3v) is 7.86. The molecule has 1 unspecified atom stereocenters. The van der Waals surface area contributed by atoms with Gasteiger partial charge in [0, 0.05) is 18.9 Å². The molecule has 2 fully saturated rings. The summed E-state index contributed by atoms with van der Waals surface area (Å²) in [4.78, 5) is 8.60. The van der Waals surface area contributed by atoms with E-state index in [-0.39, 0.29) is 21.2 Å². The van der Waals surface area contributed by atoms with Gasteiger partial charge in [-0.2, -0.15) is 0 Å². The maximum absolute atomic E-state index is 14.0. The zero-order valence-corrected chi connectivity index (χ0v) is 20.2. The summed E-state index contributed by atoms with van der Waals surface area (Å²) >= 11 is 6.27. The van der Waals surface area contributed by atoms with Crippen molar-refractivity contribution in [2.75, 3.05) is 18.2 Å². The molecule has 1 saturated heterocycles. The lowest BCUT2D eigenvalue weighted by atomic mass is 9.80. The Balaban J connectivity index is 1.62. The Hall–Kier alpha value is -2.30. The van der Waals surface area contributed by atoms with Gasteiger partial charge in [0.2, 0.25) is 0 Å². The molecule has 5 rings (SSSR count). The molecule has 3 aromatic rings. The molecule has 11 heteroatoms. The van der Waals surface area contributed by atoms with E-state index in [1.54, 1.807) is 12.1 Å². The van der Waals surface area contributed by atoms with E-state index in [4.69, 9.17) is 16.3 Å². The summed E-state index contributed by atoms with van der Waals surface area (Å²) in [7, 11) is -3.57. The number of rotatable bonds is 6. The van der Waals surface area contributed by atoms with Crippen molar-refractivity contribution in [3.05, 3.63) is 40.8 Å². The average Bonchev–Trinajstić information content (AvgIpc) is 3.13. The van der Waals surface area contributed by atoms with Gasteiger partial charge in [-0.05, 0) is 55.7 Å². The fourth-order valence-electron chi connectivity index (χ4n) is 4.60. The number of nitrogens with zero attached hydrogens (tertiary/aromatic N) is 3. The second kappa shape index (κ2) is 9.05. The molecular formula is C23H25ClF2N4O3S. The van der Waals surface area contributed by atoms with Crippen LogP contribution in [-0.2, 0) is 14.6 Å². The highest BCUT2D eigenvalue weighted by Gasteiger charge is 2.29. The minimum Gasteiger partial charge on any atom is -0.358 e. The van der Waals surface area contributed by atoms with Crippen molar-refractivity contribution in [2.45, 2.75) is 62.0 Å². The first kappa shape index (κ1) is 23.4. The molecular weight excluding hydrogens is 486 g/mol. The van der Waals surface area contributed by atoms with Gasteiger partial charge in [0.05, 0.1) is 16.3 Å². The minimum absolute atomic E-state index is 0.0692. The normalized spacial score (nSPS) is 19.5. The monoisotopic (exact) mass is 510 g/mol. The number of nitrogens with one attached hydrogen (secondary N) is 1. The molecule has 0 amide bonds. The lowest BCUT2D eigenvalue weighted by Crippen LogP contribution is -2.20. The molecule has 1 N–H and O–H groups in total. The highest BCUT2D eigenvalue weighted by molar-refractivity contribution is 7.90. The van der Waals surface area contributed by atoms with Crippen molar-refractivity contribution in [3.8, 4) is 0 Å². The van der Waals surface area contributed by atoms with Crippen LogP contribution < -0.4 is 5.32 Å². The lowest BCUT2D eigenvalue weighted by Gasteiger charge is -2.26. The van der Waals surface area contributed by atoms with Gasteiger partial charge in [0.25, 0.3) is 6.43 Å². The number of ether oxygens (including phenoxy) is 1. The van der Waals surface area contributed by atoms with Crippen LogP contribution in [-0.4, -0.2) is 35.8 Å². The molecule has 3 heterocycles. The first-order chi connectivity index (χ1) is 16.2. The molecule has 1 atom stereocenters. The summed E-state index contributed by atoms with van der Waals surface area (Å²) in [6.07, 6.45) is 3.14. The average molecular weight is 511 g/mol. The third kappa shape index (κ3) is 4.38. The van der Waals surface area contributed by atoms with Crippen molar-refractivity contribution in [3.63, 3.8) is 0 Å². The molecule has 34 heavy (non-hydrogen) atoms. The topological polar surface area (TPSA) is 86.1 Å². The Bertz CT molecular complexity index is 1340. The van der Waals surface area contributed by atoms with Crippen molar-refractivity contribution >= 4 is 44.0 Å². The zero-order valence-electron chi connectivity index (χ0n) is 18.6. The van der Waals surface area contributed by atoms with Crippen LogP contribution in [0.4, 0.5) is 20.2 Å². The number of aromatic nitrogens is 3. The van der Waals surface area contributed by atoms with Gasteiger partial charge in [0.1, 0.15) is 16.9 Å². The molecule has 0 spiro atoms. The number of alkyl halides is 2. The summed E-state index contributed by atoms with van der Waals surface area (Å²) in [6, 6.07) is 6.77. The summed E-state index contributed by atoms with van der Waals surface area (Å²) < 4.78 is 60.2. The largest absolute Gasteiger partial charge is 0.358 e. The highest BCUT2D eigenvalue weighted by atomic mass is 35.5. The van der Waals surface area contributed by atoms with E-state index in [9.17, 15) is 17.2 Å². The quantitative estimate of drug-likeness (QED) is 0.401. The number of halogens is 3. The Labute approximate surface area is 201 Å². The molecule has 1 aliphatic carbocycles. The van der Waals surface area contributed by atoms with Crippen LogP contribution >= 0.6 is 11.6 Å². The van der Waals surface area contributed by atoms with E-state index in [0.29, 0.717) is 30.3 Å². The van der Waals surface area contributed by atoms with E-state index in [0.717, 1.165) is 43.9 Å². The number of hydrogen-bond acceptors (Lipinski definition) is 6. The molecule has 7 nitrogen and oxygen atoms in total. The van der Waals surface area contributed by atoms with Crippen molar-refractivity contribution in [2.24, 2.45) is 0 Å². The van der Waals surface area contributed by atoms with E-state index in [1.165, 1.54) is 10.6 Å². The van der Waals surface area contributed by atoms with Gasteiger partial charge in [-0.1, -0.05) is 24.1 Å². The maximum atomic E-state index is 14.0. The third-order valence-electron chi connectivity index (χ3n) is 6.53. The molecule has 1 aromatic carbocycles. The maximum Gasteiger partial charge on any atom is 0.295 e. The SMILES string of the molecule is CS(=O)(=O)c1cc(C2CCC2)ccc1Nc1cc(Cl)nc2c1nc(C(F)F)n2C1CCCCO1. The number of sulfone groups is 1. The molecule has 1 saturated carbocycles. The van der Waals surface area contributed by atoms with Crippen LogP contribution in [0.2, 0.25) is 5.15 Å². The van der Waals surface area contributed by atoms with Crippen LogP contribution in [0.5, 0.6) is 0 Å². The highest BCUT2D eigenvalue weighted by Crippen LogP contribution is 2.40. The number of anilines is 2. The van der Waals surface area contributed by atoms with Gasteiger partial charge in [-0.3, -0.25) is 4.57 Å². The van der Waals surface area contributed by atoms with E-state index >= 15 is 0 Å². The van der Waals surface area contributed by atoms with Crippen molar-refractivity contribution in [1.82, 2.24) is 14.5 Å². The van der Waals surface area contributed by atoms with Crippen LogP contribution in [0.1, 0.15) is 68.5 Å². The van der Waals surface area contributed by atoms with Crippen LogP contribution in [0.25, 0.3) is 11.2 Å². The second-order valence-corrected chi connectivity index (χ2v) is 11.3. The smallest absolute Gasteiger partial charge is 0.295 e. The Kier molecular flexibility index (Phi) is 6.24. The Morgan fingerprint density at radius 3 is 2.53 bits per heavy atom. The summed E-state index contributed by atoms with van der Waals surface area (Å²) in [5.74, 6) is -0.0974. The molecule has 2 aromatic heterocycles. The van der Waals surface area contributed by atoms with Gasteiger partial charge in [-0.25, -0.2) is 27.2 Å². The summed E-state index contributed by atoms with van der Waals surface area (Å²) in [6.45, 7) is 0.462. The molecule has 0 radical (unpaired) electrons. The Morgan fingerprint density at radius 2 is 1.91 bits per heavy atom. The minimum atomic E-state index is -3.57. The number of fused-ring (bicyclic) bond motifs is 1. The first-order valence-electron chi connectivity index (χ1n) is 11.3. The van der Waals surface area contributed by atoms with Crippen molar-refractivity contribution in [1.29, 1.82) is 0 Å². The van der Waals surface area contributed by atoms with Crippen LogP contribution in [0.3, 0.4) is 0 Å². The lowest BCUT2D eigenvalue weighted by molar-refractivity contribution is -0.0363. The fraction of sp³-hybridized carbons (Fsp3) is 0.478. The van der Waals surface area contributed by atoms with E-state index in [2.05, 4.69) is 15.3 Å².